The highest BCUT2D eigenvalue weighted by Gasteiger charge is 2.51. The summed E-state index contributed by atoms with van der Waals surface area (Å²) in [6, 6.07) is 6.36. The number of nitrogens with zero attached hydrogens (tertiary/aromatic N) is 1. The van der Waals surface area contributed by atoms with Gasteiger partial charge in [0, 0.05) is 8.68 Å². The van der Waals surface area contributed by atoms with E-state index in [0.717, 1.165) is 21.8 Å². The normalized spacial score (nSPS) is 21.0. The second-order valence-electron chi connectivity index (χ2n) is 5.32. The van der Waals surface area contributed by atoms with Crippen molar-refractivity contribution in [3.63, 3.8) is 0 Å². The Bertz CT molecular complexity index is 660. The predicted octanol–water partition coefficient (Wildman–Crippen LogP) is 3.19. The number of halogens is 1. The fourth-order valence-corrected chi connectivity index (χ4v) is 4.31. The molecule has 5 nitrogen and oxygen atoms in total. The first-order valence-corrected chi connectivity index (χ1v) is 9.31. The highest BCUT2D eigenvalue weighted by atomic mass is 79.9. The fourth-order valence-electron chi connectivity index (χ4n) is 2.29. The van der Waals surface area contributed by atoms with Crippen molar-refractivity contribution in [1.82, 2.24) is 4.90 Å². The smallest absolute Gasteiger partial charge is 0.480 e. The first-order chi connectivity index (χ1) is 10.8. The molecule has 1 saturated heterocycles. The number of amides is 1. The maximum Gasteiger partial charge on any atom is 0.498 e. The molecule has 1 amide bonds. The molecule has 1 aliphatic heterocycles. The van der Waals surface area contributed by atoms with E-state index < -0.39 is 22.6 Å². The second kappa shape index (κ2) is 7.55. The number of carbonyl (C=O) groups is 2. The number of thioether (sulfide) groups is 1. The largest absolute Gasteiger partial charge is 0.498 e. The average molecular weight is 417 g/mol. The number of hydrogen-bond acceptors (Lipinski definition) is 4. The molecule has 1 aliphatic rings. The number of hydrogen-bond donors (Lipinski definition) is 1. The van der Waals surface area contributed by atoms with Gasteiger partial charge in [-0.25, -0.2) is 4.79 Å². The van der Waals surface area contributed by atoms with Crippen LogP contribution in [-0.4, -0.2) is 32.6 Å². The summed E-state index contributed by atoms with van der Waals surface area (Å²) in [4.78, 5) is 25.7. The van der Waals surface area contributed by atoms with Crippen molar-refractivity contribution in [2.24, 2.45) is 5.92 Å². The maximum absolute atomic E-state index is 12.6. The number of rotatable bonds is 5. The quantitative estimate of drug-likeness (QED) is 0.589. The van der Waals surface area contributed by atoms with Crippen molar-refractivity contribution in [2.45, 2.75) is 24.6 Å². The van der Waals surface area contributed by atoms with Gasteiger partial charge in [-0.15, -0.1) is 0 Å². The minimum absolute atomic E-state index is 0.231. The molecule has 122 valence electrons. The van der Waals surface area contributed by atoms with Gasteiger partial charge in [-0.2, -0.15) is 0 Å². The summed E-state index contributed by atoms with van der Waals surface area (Å²) in [7, 11) is 0. The summed E-state index contributed by atoms with van der Waals surface area (Å²) in [5, 5.41) is 9.40. The lowest BCUT2D eigenvalue weighted by Gasteiger charge is -2.25. The number of carboxylic acids is 1. The van der Waals surface area contributed by atoms with Gasteiger partial charge in [0.15, 0.2) is 0 Å². The lowest BCUT2D eigenvalue weighted by Crippen LogP contribution is -2.48. The third kappa shape index (κ3) is 3.99. The highest BCUT2D eigenvalue weighted by molar-refractivity contribution is 9.10. The first-order valence-electron chi connectivity index (χ1n) is 6.83. The average Bonchev–Trinajstić information content (AvgIpc) is 2.78. The lowest BCUT2D eigenvalue weighted by atomic mass is 10.0. The van der Waals surface area contributed by atoms with E-state index in [0.29, 0.717) is 4.91 Å². The van der Waals surface area contributed by atoms with Crippen LogP contribution in [0.5, 0.6) is 0 Å². The van der Waals surface area contributed by atoms with Gasteiger partial charge in [-0.3, -0.25) is 9.69 Å². The molecule has 2 rings (SSSR count). The van der Waals surface area contributed by atoms with Gasteiger partial charge in [-0.05, 0) is 41.5 Å². The minimum atomic E-state index is -1.10. The van der Waals surface area contributed by atoms with Gasteiger partial charge >= 0.3 is 22.3 Å². The summed E-state index contributed by atoms with van der Waals surface area (Å²) < 4.78 is 11.5. The lowest BCUT2D eigenvalue weighted by molar-refractivity contribution is -0.149. The molecule has 2 unspecified atom stereocenters. The minimum Gasteiger partial charge on any atom is -0.480 e. The van der Waals surface area contributed by atoms with Gasteiger partial charge in [0.2, 0.25) is 0 Å². The molecule has 23 heavy (non-hydrogen) atoms. The Morgan fingerprint density at radius 2 is 2.00 bits per heavy atom. The van der Waals surface area contributed by atoms with Crippen LogP contribution in [0.4, 0.5) is 0 Å². The van der Waals surface area contributed by atoms with Crippen molar-refractivity contribution in [2.75, 3.05) is 0 Å². The summed E-state index contributed by atoms with van der Waals surface area (Å²) >= 11 is 4.67. The van der Waals surface area contributed by atoms with E-state index >= 15 is 0 Å². The van der Waals surface area contributed by atoms with Crippen LogP contribution < -0.4 is 0 Å². The van der Waals surface area contributed by atoms with Gasteiger partial charge in [0.25, 0.3) is 5.91 Å². The molecule has 1 N–H and O–H groups in total. The Labute approximate surface area is 150 Å². The van der Waals surface area contributed by atoms with Gasteiger partial charge in [-0.1, -0.05) is 41.9 Å². The van der Waals surface area contributed by atoms with E-state index in [1.54, 1.807) is 19.9 Å². The van der Waals surface area contributed by atoms with E-state index in [-0.39, 0.29) is 17.6 Å². The van der Waals surface area contributed by atoms with Gasteiger partial charge < -0.3 is 5.11 Å². The molecule has 2 atom stereocenters. The highest BCUT2D eigenvalue weighted by Crippen LogP contribution is 2.38. The Kier molecular flexibility index (Phi) is 5.94. The monoisotopic (exact) mass is 416 g/mol. The molecule has 1 aromatic rings. The third-order valence-electron chi connectivity index (χ3n) is 3.33. The Hall–Kier alpha value is -1.25. The van der Waals surface area contributed by atoms with Crippen LogP contribution >= 0.6 is 27.7 Å². The Morgan fingerprint density at radius 1 is 1.39 bits per heavy atom. The van der Waals surface area contributed by atoms with Crippen molar-refractivity contribution in [1.29, 1.82) is 0 Å². The summed E-state index contributed by atoms with van der Waals surface area (Å²) in [6.45, 7) is 3.44. The molecular weight excluding hydrogens is 402 g/mol. The van der Waals surface area contributed by atoms with Crippen LogP contribution in [0.3, 0.4) is 0 Å². The van der Waals surface area contributed by atoms with Crippen LogP contribution in [0.2, 0.25) is 0 Å². The van der Waals surface area contributed by atoms with Crippen LogP contribution in [0, 0.1) is 5.92 Å². The zero-order valence-electron chi connectivity index (χ0n) is 12.4. The molecule has 0 bridgehead atoms. The van der Waals surface area contributed by atoms with Crippen LogP contribution in [-0.2, 0) is 25.5 Å². The molecule has 8 heteroatoms. The van der Waals surface area contributed by atoms with Gasteiger partial charge in [0.05, 0.1) is 4.91 Å². The zero-order chi connectivity index (χ0) is 17.1. The van der Waals surface area contributed by atoms with E-state index in [1.807, 2.05) is 24.3 Å². The van der Waals surface area contributed by atoms with Crippen molar-refractivity contribution >= 4 is 57.3 Å². The van der Waals surface area contributed by atoms with E-state index in [1.165, 1.54) is 4.90 Å². The van der Waals surface area contributed by atoms with E-state index in [2.05, 4.69) is 15.9 Å². The maximum atomic E-state index is 12.6. The SMILES string of the molecule is CC(C)C(C(=O)O)N1C(=O)/C(=C\c2ccc(Br)cc2)SC1[S+]=O. The zero-order valence-corrected chi connectivity index (χ0v) is 15.7. The number of benzene rings is 1. The Balaban J connectivity index is 2.36. The molecule has 1 heterocycles. The first kappa shape index (κ1) is 18.1. The topological polar surface area (TPSA) is 74.7 Å². The molecule has 0 radical (unpaired) electrons. The van der Waals surface area contributed by atoms with Crippen molar-refractivity contribution < 1.29 is 18.9 Å². The van der Waals surface area contributed by atoms with Gasteiger partial charge in [0.1, 0.15) is 6.04 Å². The van der Waals surface area contributed by atoms with Crippen LogP contribution in [0.1, 0.15) is 19.4 Å². The number of aliphatic carboxylic acids is 1. The third-order valence-corrected chi connectivity index (χ3v) is 5.75. The molecule has 0 aliphatic carbocycles. The molecule has 1 aromatic carbocycles. The molecule has 1 fully saturated rings. The summed E-state index contributed by atoms with van der Waals surface area (Å²) in [5.74, 6) is -1.80. The van der Waals surface area contributed by atoms with E-state index in [9.17, 15) is 18.9 Å². The van der Waals surface area contributed by atoms with Crippen molar-refractivity contribution in [3.05, 3.63) is 39.2 Å². The van der Waals surface area contributed by atoms with Crippen LogP contribution in [0.25, 0.3) is 6.08 Å². The Morgan fingerprint density at radius 3 is 2.48 bits per heavy atom. The molecule has 0 spiro atoms. The number of carbonyl (C=O) groups excluding carboxylic acids is 1. The second-order valence-corrected chi connectivity index (χ2v) is 8.30. The summed E-state index contributed by atoms with van der Waals surface area (Å²) in [6.07, 6.45) is 1.68. The number of carboxylic acid groups (broad SMARTS) is 1. The van der Waals surface area contributed by atoms with Crippen LogP contribution in [0.15, 0.2) is 33.6 Å². The fraction of sp³-hybridized carbons (Fsp3) is 0.333. The summed E-state index contributed by atoms with van der Waals surface area (Å²) in [5.41, 5.74) is 0.817. The standard InChI is InChI=1S/C15H14BrNO4S2/c1-8(2)12(14(19)20)17-13(18)11(22-15(17)23-21)7-9-3-5-10(16)6-4-9/h3-8,12,15H,1-2H3/p+1/b11-7+. The molecule has 0 aromatic heterocycles. The van der Waals surface area contributed by atoms with E-state index in [4.69, 9.17) is 0 Å². The molecule has 0 saturated carbocycles. The predicted molar refractivity (Wildman–Crippen MR) is 94.7 cm³/mol. The van der Waals surface area contributed by atoms with Crippen molar-refractivity contribution in [3.8, 4) is 0 Å². The molecular formula is C15H15BrNO4S2+.